The molecule has 3 aromatic rings. The number of aryl methyl sites for hydroxylation is 2. The summed E-state index contributed by atoms with van der Waals surface area (Å²) >= 11 is 6.27. The predicted octanol–water partition coefficient (Wildman–Crippen LogP) is 5.10. The minimum atomic E-state index is -4.24. The third kappa shape index (κ3) is 7.55. The summed E-state index contributed by atoms with van der Waals surface area (Å²) in [5.74, 6) is -0.653. The average molecular weight is 586 g/mol. The summed E-state index contributed by atoms with van der Waals surface area (Å²) in [5.41, 5.74) is 2.86. The topological polar surface area (TPSA) is 96.0 Å². The van der Waals surface area contributed by atoms with Crippen molar-refractivity contribution in [2.45, 2.75) is 51.6 Å². The number of amides is 2. The van der Waals surface area contributed by atoms with E-state index >= 15 is 0 Å². The first kappa shape index (κ1) is 31.0. The molecular weight excluding hydrogens is 550 g/mol. The van der Waals surface area contributed by atoms with E-state index in [-0.39, 0.29) is 33.8 Å². The summed E-state index contributed by atoms with van der Waals surface area (Å²) in [5, 5.41) is 3.11. The molecule has 0 radical (unpaired) electrons. The van der Waals surface area contributed by atoms with Gasteiger partial charge in [-0.05, 0) is 63.1 Å². The van der Waals surface area contributed by atoms with Gasteiger partial charge in [0.05, 0.1) is 17.7 Å². The lowest BCUT2D eigenvalue weighted by Crippen LogP contribution is -2.51. The standard InChI is InChI=1S/C30H36ClN3O5S/c1-6-17-32-30(36)23(4)33(19-24-11-7-21(2)8-12-24)29(35)20-34(27-18-25(31)13-16-28(27)39-5)40(37,38)26-14-9-22(3)10-15-26/h7-16,18,23H,6,17,19-20H2,1-5H3,(H,32,36). The van der Waals surface area contributed by atoms with Gasteiger partial charge in [0.1, 0.15) is 18.3 Å². The van der Waals surface area contributed by atoms with Crippen LogP contribution in [0.5, 0.6) is 5.75 Å². The zero-order chi connectivity index (χ0) is 29.4. The fourth-order valence-electron chi connectivity index (χ4n) is 4.08. The third-order valence-corrected chi connectivity index (χ3v) is 8.50. The van der Waals surface area contributed by atoms with Crippen LogP contribution in [0.4, 0.5) is 5.69 Å². The maximum Gasteiger partial charge on any atom is 0.264 e. The lowest BCUT2D eigenvalue weighted by atomic mass is 10.1. The summed E-state index contributed by atoms with van der Waals surface area (Å²) in [6, 6.07) is 17.7. The first-order valence-corrected chi connectivity index (χ1v) is 14.9. The van der Waals surface area contributed by atoms with E-state index in [1.807, 2.05) is 45.0 Å². The van der Waals surface area contributed by atoms with E-state index in [1.165, 1.54) is 30.2 Å². The van der Waals surface area contributed by atoms with Gasteiger partial charge < -0.3 is 15.0 Å². The molecule has 0 saturated heterocycles. The normalized spacial score (nSPS) is 11.9. The monoisotopic (exact) mass is 585 g/mol. The van der Waals surface area contributed by atoms with Crippen LogP contribution < -0.4 is 14.4 Å². The average Bonchev–Trinajstić information content (AvgIpc) is 2.93. The van der Waals surface area contributed by atoms with Crippen LogP contribution in [0.2, 0.25) is 5.02 Å². The molecule has 214 valence electrons. The summed E-state index contributed by atoms with van der Waals surface area (Å²) in [4.78, 5) is 28.4. The van der Waals surface area contributed by atoms with Gasteiger partial charge in [-0.25, -0.2) is 8.42 Å². The van der Waals surface area contributed by atoms with E-state index < -0.39 is 28.5 Å². The number of carbonyl (C=O) groups excluding carboxylic acids is 2. The van der Waals surface area contributed by atoms with Crippen molar-refractivity contribution in [1.29, 1.82) is 0 Å². The molecule has 8 nitrogen and oxygen atoms in total. The van der Waals surface area contributed by atoms with E-state index in [0.29, 0.717) is 6.54 Å². The Labute approximate surface area is 241 Å². The van der Waals surface area contributed by atoms with Gasteiger partial charge in [0.15, 0.2) is 0 Å². The minimum Gasteiger partial charge on any atom is -0.495 e. The van der Waals surface area contributed by atoms with Crippen molar-refractivity contribution in [1.82, 2.24) is 10.2 Å². The van der Waals surface area contributed by atoms with Crippen LogP contribution in [-0.2, 0) is 26.2 Å². The lowest BCUT2D eigenvalue weighted by molar-refractivity contribution is -0.139. The molecule has 0 saturated carbocycles. The third-order valence-electron chi connectivity index (χ3n) is 6.49. The Balaban J connectivity index is 2.08. The number of methoxy groups -OCH3 is 1. The molecule has 3 rings (SSSR count). The minimum absolute atomic E-state index is 0.00625. The number of anilines is 1. The van der Waals surface area contributed by atoms with Crippen molar-refractivity contribution in [2.75, 3.05) is 24.5 Å². The maximum atomic E-state index is 14.0. The molecule has 1 unspecified atom stereocenters. The number of hydrogen-bond donors (Lipinski definition) is 1. The highest BCUT2D eigenvalue weighted by Gasteiger charge is 2.34. The van der Waals surface area contributed by atoms with E-state index in [2.05, 4.69) is 5.32 Å². The molecule has 1 atom stereocenters. The fourth-order valence-corrected chi connectivity index (χ4v) is 5.66. The highest BCUT2D eigenvalue weighted by Crippen LogP contribution is 2.35. The zero-order valence-electron chi connectivity index (χ0n) is 23.5. The molecule has 0 fully saturated rings. The molecule has 0 aliphatic rings. The van der Waals surface area contributed by atoms with Gasteiger partial charge >= 0.3 is 0 Å². The van der Waals surface area contributed by atoms with Gasteiger partial charge in [-0.15, -0.1) is 0 Å². The van der Waals surface area contributed by atoms with Crippen LogP contribution in [-0.4, -0.2) is 51.4 Å². The van der Waals surface area contributed by atoms with Crippen molar-refractivity contribution < 1.29 is 22.7 Å². The van der Waals surface area contributed by atoms with E-state index in [0.717, 1.165) is 27.4 Å². The van der Waals surface area contributed by atoms with Crippen molar-refractivity contribution in [3.63, 3.8) is 0 Å². The first-order chi connectivity index (χ1) is 19.0. The first-order valence-electron chi connectivity index (χ1n) is 13.0. The molecule has 10 heteroatoms. The predicted molar refractivity (Wildman–Crippen MR) is 158 cm³/mol. The number of hydrogen-bond acceptors (Lipinski definition) is 5. The highest BCUT2D eigenvalue weighted by atomic mass is 35.5. The van der Waals surface area contributed by atoms with E-state index in [9.17, 15) is 18.0 Å². The van der Waals surface area contributed by atoms with Gasteiger partial charge in [-0.2, -0.15) is 0 Å². The lowest BCUT2D eigenvalue weighted by Gasteiger charge is -2.32. The Morgan fingerprint density at radius 2 is 1.57 bits per heavy atom. The Morgan fingerprint density at radius 3 is 2.15 bits per heavy atom. The molecule has 0 heterocycles. The number of nitrogens with zero attached hydrogens (tertiary/aromatic N) is 2. The van der Waals surface area contributed by atoms with Crippen LogP contribution in [0.25, 0.3) is 0 Å². The molecular formula is C30H36ClN3O5S. The van der Waals surface area contributed by atoms with Crippen molar-refractivity contribution >= 4 is 39.1 Å². The van der Waals surface area contributed by atoms with E-state index in [1.54, 1.807) is 31.2 Å². The highest BCUT2D eigenvalue weighted by molar-refractivity contribution is 7.92. The number of halogens is 1. The van der Waals surface area contributed by atoms with Gasteiger partial charge in [0, 0.05) is 18.1 Å². The second-order valence-electron chi connectivity index (χ2n) is 9.62. The van der Waals surface area contributed by atoms with Crippen LogP contribution in [0.15, 0.2) is 71.6 Å². The molecule has 0 spiro atoms. The Morgan fingerprint density at radius 1 is 0.975 bits per heavy atom. The molecule has 40 heavy (non-hydrogen) atoms. The molecule has 1 N–H and O–H groups in total. The fraction of sp³-hybridized carbons (Fsp3) is 0.333. The van der Waals surface area contributed by atoms with Gasteiger partial charge in [0.25, 0.3) is 10.0 Å². The van der Waals surface area contributed by atoms with Gasteiger partial charge in [-0.1, -0.05) is 66.0 Å². The summed E-state index contributed by atoms with van der Waals surface area (Å²) in [6.07, 6.45) is 0.738. The number of ether oxygens (including phenoxy) is 1. The Kier molecular flexibility index (Phi) is 10.6. The number of nitrogens with one attached hydrogen (secondary N) is 1. The largest absolute Gasteiger partial charge is 0.495 e. The number of rotatable bonds is 12. The number of benzene rings is 3. The number of sulfonamides is 1. The molecule has 0 bridgehead atoms. The summed E-state index contributed by atoms with van der Waals surface area (Å²) in [6.45, 7) is 7.38. The Hall–Kier alpha value is -3.56. The molecule has 0 aliphatic heterocycles. The van der Waals surface area contributed by atoms with Crippen molar-refractivity contribution in [3.8, 4) is 5.75 Å². The smallest absolute Gasteiger partial charge is 0.264 e. The Bertz CT molecular complexity index is 1430. The zero-order valence-corrected chi connectivity index (χ0v) is 25.1. The molecule has 3 aromatic carbocycles. The summed E-state index contributed by atoms with van der Waals surface area (Å²) in [7, 11) is -2.83. The number of carbonyl (C=O) groups is 2. The SMILES string of the molecule is CCCNC(=O)C(C)N(Cc1ccc(C)cc1)C(=O)CN(c1cc(Cl)ccc1OC)S(=O)(=O)c1ccc(C)cc1. The molecule has 2 amide bonds. The van der Waals surface area contributed by atoms with Crippen molar-refractivity contribution in [2.24, 2.45) is 0 Å². The second kappa shape index (κ2) is 13.7. The van der Waals surface area contributed by atoms with Crippen LogP contribution >= 0.6 is 11.6 Å². The van der Waals surface area contributed by atoms with Crippen LogP contribution in [0, 0.1) is 13.8 Å². The van der Waals surface area contributed by atoms with Crippen LogP contribution in [0.3, 0.4) is 0 Å². The molecule has 0 aliphatic carbocycles. The maximum absolute atomic E-state index is 14.0. The molecule has 0 aromatic heterocycles. The van der Waals surface area contributed by atoms with Gasteiger partial charge in [0.2, 0.25) is 11.8 Å². The quantitative estimate of drug-likeness (QED) is 0.319. The van der Waals surface area contributed by atoms with Crippen molar-refractivity contribution in [3.05, 3.63) is 88.4 Å². The van der Waals surface area contributed by atoms with Gasteiger partial charge in [-0.3, -0.25) is 13.9 Å². The summed E-state index contributed by atoms with van der Waals surface area (Å²) < 4.78 is 34.4. The van der Waals surface area contributed by atoms with E-state index in [4.69, 9.17) is 16.3 Å². The second-order valence-corrected chi connectivity index (χ2v) is 11.9. The van der Waals surface area contributed by atoms with Crippen LogP contribution in [0.1, 0.15) is 37.0 Å².